The predicted molar refractivity (Wildman–Crippen MR) is 80.3 cm³/mol. The van der Waals surface area contributed by atoms with E-state index < -0.39 is 0 Å². The number of nitrogens with zero attached hydrogens (tertiary/aromatic N) is 1. The zero-order chi connectivity index (χ0) is 13.5. The topological polar surface area (TPSA) is 60.2 Å². The van der Waals surface area contributed by atoms with Crippen molar-refractivity contribution in [2.75, 3.05) is 11.9 Å². The van der Waals surface area contributed by atoms with Crippen LogP contribution in [0.25, 0.3) is 0 Å². The van der Waals surface area contributed by atoms with E-state index in [0.717, 1.165) is 23.6 Å². The second kappa shape index (κ2) is 6.70. The van der Waals surface area contributed by atoms with Gasteiger partial charge in [0.15, 0.2) is 5.11 Å². The normalized spacial score (nSPS) is 9.89. The molecule has 0 radical (unpaired) electrons. The Morgan fingerprint density at radius 2 is 2.00 bits per heavy atom. The number of aromatic nitrogens is 1. The SMILES string of the molecule is NC(=S)Nc1ccccc1OCCc1ccccn1. The zero-order valence-electron chi connectivity index (χ0n) is 10.4. The number of thiocarbonyl (C=S) groups is 1. The van der Waals surface area contributed by atoms with Gasteiger partial charge in [0.05, 0.1) is 12.3 Å². The number of nitrogens with one attached hydrogen (secondary N) is 1. The Morgan fingerprint density at radius 3 is 2.74 bits per heavy atom. The van der Waals surface area contributed by atoms with Gasteiger partial charge >= 0.3 is 0 Å². The van der Waals surface area contributed by atoms with E-state index in [1.807, 2.05) is 42.5 Å². The molecule has 1 aromatic carbocycles. The molecule has 0 atom stereocenters. The highest BCUT2D eigenvalue weighted by molar-refractivity contribution is 7.80. The number of ether oxygens (including phenoxy) is 1. The van der Waals surface area contributed by atoms with Crippen LogP contribution in [0, 0.1) is 0 Å². The smallest absolute Gasteiger partial charge is 0.168 e. The van der Waals surface area contributed by atoms with Crippen molar-refractivity contribution < 1.29 is 4.74 Å². The van der Waals surface area contributed by atoms with Crippen LogP contribution in [0.5, 0.6) is 5.75 Å². The van der Waals surface area contributed by atoms with Crippen LogP contribution in [0.2, 0.25) is 0 Å². The maximum atomic E-state index is 5.72. The van der Waals surface area contributed by atoms with Gasteiger partial charge in [-0.25, -0.2) is 0 Å². The van der Waals surface area contributed by atoms with E-state index in [0.29, 0.717) is 6.61 Å². The molecule has 0 aliphatic heterocycles. The molecule has 1 aromatic heterocycles. The summed E-state index contributed by atoms with van der Waals surface area (Å²) in [5.41, 5.74) is 7.24. The molecule has 1 heterocycles. The lowest BCUT2D eigenvalue weighted by Crippen LogP contribution is -2.19. The van der Waals surface area contributed by atoms with Crippen molar-refractivity contribution in [3.8, 4) is 5.75 Å². The van der Waals surface area contributed by atoms with Crippen LogP contribution in [0.4, 0.5) is 5.69 Å². The van der Waals surface area contributed by atoms with E-state index >= 15 is 0 Å². The summed E-state index contributed by atoms with van der Waals surface area (Å²) in [5, 5.41) is 3.11. The van der Waals surface area contributed by atoms with Gasteiger partial charge in [-0.3, -0.25) is 4.98 Å². The predicted octanol–water partition coefficient (Wildman–Crippen LogP) is 2.36. The van der Waals surface area contributed by atoms with Crippen LogP contribution < -0.4 is 15.8 Å². The number of rotatable bonds is 5. The summed E-state index contributed by atoms with van der Waals surface area (Å²) in [7, 11) is 0. The molecule has 0 aliphatic rings. The molecular weight excluding hydrogens is 258 g/mol. The van der Waals surface area contributed by atoms with Gasteiger partial charge in [-0.15, -0.1) is 0 Å². The number of anilines is 1. The maximum Gasteiger partial charge on any atom is 0.168 e. The molecule has 0 fully saturated rings. The van der Waals surface area contributed by atoms with Crippen molar-refractivity contribution in [3.05, 3.63) is 54.4 Å². The molecule has 0 amide bonds. The quantitative estimate of drug-likeness (QED) is 0.819. The summed E-state index contributed by atoms with van der Waals surface area (Å²) in [6, 6.07) is 13.4. The van der Waals surface area contributed by atoms with Gasteiger partial charge in [-0.2, -0.15) is 0 Å². The van der Waals surface area contributed by atoms with Gasteiger partial charge in [-0.1, -0.05) is 18.2 Å². The van der Waals surface area contributed by atoms with Crippen LogP contribution in [0.15, 0.2) is 48.7 Å². The molecule has 5 heteroatoms. The minimum Gasteiger partial charge on any atom is -0.491 e. The number of hydrogen-bond donors (Lipinski definition) is 2. The van der Waals surface area contributed by atoms with Crippen LogP contribution in [-0.2, 0) is 6.42 Å². The third kappa shape index (κ3) is 4.22. The second-order valence-electron chi connectivity index (χ2n) is 3.90. The van der Waals surface area contributed by atoms with E-state index in [4.69, 9.17) is 22.7 Å². The minimum absolute atomic E-state index is 0.223. The Balaban J connectivity index is 1.94. The van der Waals surface area contributed by atoms with Gasteiger partial charge in [0, 0.05) is 18.3 Å². The van der Waals surface area contributed by atoms with Crippen molar-refractivity contribution in [2.45, 2.75) is 6.42 Å². The molecule has 0 spiro atoms. The van der Waals surface area contributed by atoms with Gasteiger partial charge in [0.25, 0.3) is 0 Å². The van der Waals surface area contributed by atoms with Gasteiger partial charge < -0.3 is 15.8 Å². The molecule has 0 bridgehead atoms. The van der Waals surface area contributed by atoms with Crippen LogP contribution in [-0.4, -0.2) is 16.7 Å². The highest BCUT2D eigenvalue weighted by atomic mass is 32.1. The highest BCUT2D eigenvalue weighted by Gasteiger charge is 2.03. The van der Waals surface area contributed by atoms with Crippen molar-refractivity contribution >= 4 is 23.0 Å². The summed E-state index contributed by atoms with van der Waals surface area (Å²) >= 11 is 4.83. The fourth-order valence-corrected chi connectivity index (χ4v) is 1.75. The van der Waals surface area contributed by atoms with Crippen molar-refractivity contribution in [1.29, 1.82) is 0 Å². The number of hydrogen-bond acceptors (Lipinski definition) is 3. The van der Waals surface area contributed by atoms with Crippen molar-refractivity contribution in [3.63, 3.8) is 0 Å². The summed E-state index contributed by atoms with van der Waals surface area (Å²) in [6.45, 7) is 0.549. The molecule has 2 aromatic rings. The monoisotopic (exact) mass is 273 g/mol. The largest absolute Gasteiger partial charge is 0.491 e. The van der Waals surface area contributed by atoms with E-state index in [2.05, 4.69) is 10.3 Å². The van der Waals surface area contributed by atoms with Crippen LogP contribution in [0.1, 0.15) is 5.69 Å². The molecule has 2 rings (SSSR count). The summed E-state index contributed by atoms with van der Waals surface area (Å²) in [5.74, 6) is 0.728. The minimum atomic E-state index is 0.223. The molecule has 19 heavy (non-hydrogen) atoms. The molecule has 0 saturated heterocycles. The summed E-state index contributed by atoms with van der Waals surface area (Å²) < 4.78 is 5.72. The zero-order valence-corrected chi connectivity index (χ0v) is 11.2. The Morgan fingerprint density at radius 1 is 1.21 bits per heavy atom. The fraction of sp³-hybridized carbons (Fsp3) is 0.143. The molecule has 4 nitrogen and oxygen atoms in total. The average Bonchev–Trinajstić information content (AvgIpc) is 2.41. The van der Waals surface area contributed by atoms with E-state index in [1.165, 1.54) is 0 Å². The fourth-order valence-electron chi connectivity index (χ4n) is 1.64. The Kier molecular flexibility index (Phi) is 4.69. The lowest BCUT2D eigenvalue weighted by Gasteiger charge is -2.11. The first-order valence-electron chi connectivity index (χ1n) is 5.94. The lowest BCUT2D eigenvalue weighted by molar-refractivity contribution is 0.322. The van der Waals surface area contributed by atoms with E-state index in [1.54, 1.807) is 6.20 Å². The number of pyridine rings is 1. The van der Waals surface area contributed by atoms with Crippen LogP contribution >= 0.6 is 12.2 Å². The van der Waals surface area contributed by atoms with Gasteiger partial charge in [0.2, 0.25) is 0 Å². The molecule has 0 saturated carbocycles. The second-order valence-corrected chi connectivity index (χ2v) is 4.34. The Hall–Kier alpha value is -2.14. The summed E-state index contributed by atoms with van der Waals surface area (Å²) in [4.78, 5) is 4.24. The molecule has 0 unspecified atom stereocenters. The van der Waals surface area contributed by atoms with Crippen molar-refractivity contribution in [2.24, 2.45) is 5.73 Å². The van der Waals surface area contributed by atoms with Crippen molar-refractivity contribution in [1.82, 2.24) is 4.98 Å². The standard InChI is InChI=1S/C14H15N3OS/c15-14(19)17-12-6-1-2-7-13(12)18-10-8-11-5-3-4-9-16-11/h1-7,9H,8,10H2,(H3,15,17,19). The molecular formula is C14H15N3OS. The average molecular weight is 273 g/mol. The third-order valence-electron chi connectivity index (χ3n) is 2.49. The first-order valence-corrected chi connectivity index (χ1v) is 6.35. The highest BCUT2D eigenvalue weighted by Crippen LogP contribution is 2.23. The summed E-state index contributed by atoms with van der Waals surface area (Å²) in [6.07, 6.45) is 2.53. The van der Waals surface area contributed by atoms with E-state index in [9.17, 15) is 0 Å². The molecule has 3 N–H and O–H groups in total. The van der Waals surface area contributed by atoms with Gasteiger partial charge in [0.1, 0.15) is 5.75 Å². The first-order chi connectivity index (χ1) is 9.25. The Bertz CT molecular complexity index is 545. The molecule has 98 valence electrons. The first kappa shape index (κ1) is 13.3. The lowest BCUT2D eigenvalue weighted by atomic mass is 10.2. The number of benzene rings is 1. The maximum absolute atomic E-state index is 5.72. The third-order valence-corrected chi connectivity index (χ3v) is 2.59. The molecule has 0 aliphatic carbocycles. The van der Waals surface area contributed by atoms with Gasteiger partial charge in [-0.05, 0) is 36.5 Å². The Labute approximate surface area is 117 Å². The van der Waals surface area contributed by atoms with E-state index in [-0.39, 0.29) is 5.11 Å². The van der Waals surface area contributed by atoms with Crippen LogP contribution in [0.3, 0.4) is 0 Å². The number of para-hydroxylation sites is 2. The number of nitrogens with two attached hydrogens (primary N) is 1.